The molecule has 0 saturated carbocycles. The number of thiophene rings is 1. The molecule has 156 valence electrons. The van der Waals surface area contributed by atoms with Gasteiger partial charge in [0.2, 0.25) is 6.79 Å². The molecule has 0 spiro atoms. The Morgan fingerprint density at radius 3 is 2.94 bits per heavy atom. The fraction of sp³-hybridized carbons (Fsp3) is 0.174. The number of aromatic carboxylic acids is 1. The molecule has 0 aliphatic carbocycles. The van der Waals surface area contributed by atoms with Crippen LogP contribution in [0.4, 0.5) is 5.69 Å². The largest absolute Gasteiger partial charge is 0.478 e. The van der Waals surface area contributed by atoms with E-state index in [0.717, 1.165) is 39.4 Å². The molecule has 0 saturated heterocycles. The van der Waals surface area contributed by atoms with Crippen molar-refractivity contribution in [3.05, 3.63) is 64.7 Å². The Morgan fingerprint density at radius 1 is 1.19 bits per heavy atom. The number of carboxylic acid groups (broad SMARTS) is 1. The van der Waals surface area contributed by atoms with E-state index in [-0.39, 0.29) is 12.4 Å². The smallest absolute Gasteiger partial charge is 0.336 e. The monoisotopic (exact) mass is 433 g/mol. The minimum absolute atomic E-state index is 0.220. The van der Waals surface area contributed by atoms with Crippen LogP contribution in [0.1, 0.15) is 21.5 Å². The summed E-state index contributed by atoms with van der Waals surface area (Å²) in [5.41, 5.74) is 3.34. The van der Waals surface area contributed by atoms with Crippen LogP contribution in [0.15, 0.2) is 48.0 Å². The van der Waals surface area contributed by atoms with Gasteiger partial charge in [-0.05, 0) is 60.2 Å². The lowest BCUT2D eigenvalue weighted by Gasteiger charge is -2.13. The maximum Gasteiger partial charge on any atom is 0.336 e. The predicted octanol–water partition coefficient (Wildman–Crippen LogP) is 4.75. The highest BCUT2D eigenvalue weighted by atomic mass is 32.1. The lowest BCUT2D eigenvalue weighted by molar-refractivity contribution is 0.0697. The Hall–Kier alpha value is -3.65. The van der Waals surface area contributed by atoms with Gasteiger partial charge in [-0.1, -0.05) is 6.07 Å². The third kappa shape index (κ3) is 3.77. The van der Waals surface area contributed by atoms with Crippen LogP contribution in [0.25, 0.3) is 21.6 Å². The molecule has 0 unspecified atom stereocenters. The summed E-state index contributed by atoms with van der Waals surface area (Å²) in [6.07, 6.45) is 2.51. The average Bonchev–Trinajstić information content (AvgIpc) is 3.41. The van der Waals surface area contributed by atoms with Crippen LogP contribution in [-0.2, 0) is 6.42 Å². The number of carboxylic acids is 1. The first-order chi connectivity index (χ1) is 15.1. The molecule has 4 aromatic rings. The summed E-state index contributed by atoms with van der Waals surface area (Å²) in [6.45, 7) is 2.73. The Kier molecular flexibility index (Phi) is 4.91. The Morgan fingerprint density at radius 2 is 2.06 bits per heavy atom. The number of carbonyl (C=O) groups is 1. The van der Waals surface area contributed by atoms with Crippen LogP contribution in [0, 0.1) is 6.92 Å². The number of anilines is 1. The summed E-state index contributed by atoms with van der Waals surface area (Å²) in [4.78, 5) is 21.8. The van der Waals surface area contributed by atoms with Crippen LogP contribution < -0.4 is 14.8 Å². The second-order valence-electron chi connectivity index (χ2n) is 7.26. The summed E-state index contributed by atoms with van der Waals surface area (Å²) >= 11 is 1.51. The van der Waals surface area contributed by atoms with Crippen LogP contribution in [0.3, 0.4) is 0 Å². The van der Waals surface area contributed by atoms with E-state index in [2.05, 4.69) is 15.3 Å². The van der Waals surface area contributed by atoms with Gasteiger partial charge in [-0.15, -0.1) is 11.3 Å². The van der Waals surface area contributed by atoms with Gasteiger partial charge in [0.1, 0.15) is 4.83 Å². The topological polar surface area (TPSA) is 93.6 Å². The van der Waals surface area contributed by atoms with Crippen LogP contribution in [-0.4, -0.2) is 34.4 Å². The predicted molar refractivity (Wildman–Crippen MR) is 119 cm³/mol. The minimum atomic E-state index is -0.991. The molecule has 2 N–H and O–H groups in total. The van der Waals surface area contributed by atoms with Gasteiger partial charge in [0, 0.05) is 29.4 Å². The maximum atomic E-state index is 11.9. The van der Waals surface area contributed by atoms with Crippen LogP contribution >= 0.6 is 11.3 Å². The summed E-state index contributed by atoms with van der Waals surface area (Å²) in [7, 11) is 0. The van der Waals surface area contributed by atoms with Crippen molar-refractivity contribution in [3.8, 4) is 22.9 Å². The van der Waals surface area contributed by atoms with Gasteiger partial charge in [0.05, 0.1) is 5.56 Å². The molecule has 7 nitrogen and oxygen atoms in total. The number of nitrogens with one attached hydrogen (secondary N) is 1. The fourth-order valence-corrected chi connectivity index (χ4v) is 4.42. The number of hydrogen-bond acceptors (Lipinski definition) is 7. The van der Waals surface area contributed by atoms with Crippen molar-refractivity contribution in [1.82, 2.24) is 9.97 Å². The van der Waals surface area contributed by atoms with E-state index in [1.807, 2.05) is 41.8 Å². The molecule has 8 heteroatoms. The van der Waals surface area contributed by atoms with E-state index in [1.54, 1.807) is 13.1 Å². The second-order valence-corrected chi connectivity index (χ2v) is 8.15. The molecule has 0 atom stereocenters. The minimum Gasteiger partial charge on any atom is -0.478 e. The zero-order chi connectivity index (χ0) is 21.4. The number of aromatic nitrogens is 2. The van der Waals surface area contributed by atoms with E-state index in [0.29, 0.717) is 23.5 Å². The Bertz CT molecular complexity index is 1300. The zero-order valence-corrected chi connectivity index (χ0v) is 17.5. The van der Waals surface area contributed by atoms with E-state index in [4.69, 9.17) is 9.47 Å². The highest BCUT2D eigenvalue weighted by Crippen LogP contribution is 2.33. The van der Waals surface area contributed by atoms with E-state index in [9.17, 15) is 9.90 Å². The number of ether oxygens (including phenoxy) is 2. The van der Waals surface area contributed by atoms with E-state index < -0.39 is 5.97 Å². The van der Waals surface area contributed by atoms with Gasteiger partial charge in [-0.3, -0.25) is 0 Å². The van der Waals surface area contributed by atoms with Crippen molar-refractivity contribution in [1.29, 1.82) is 0 Å². The number of nitrogens with zero attached hydrogens (tertiary/aromatic N) is 2. The molecule has 2 aromatic carbocycles. The van der Waals surface area contributed by atoms with Crippen molar-refractivity contribution in [3.63, 3.8) is 0 Å². The summed E-state index contributed by atoms with van der Waals surface area (Å²) in [5, 5.41) is 16.1. The average molecular weight is 433 g/mol. The first-order valence-corrected chi connectivity index (χ1v) is 10.7. The fourth-order valence-electron chi connectivity index (χ4n) is 3.68. The molecule has 2 aromatic heterocycles. The van der Waals surface area contributed by atoms with Gasteiger partial charge in [-0.2, -0.15) is 0 Å². The Labute approximate surface area is 182 Å². The maximum absolute atomic E-state index is 11.9. The first kappa shape index (κ1) is 19.3. The summed E-state index contributed by atoms with van der Waals surface area (Å²) < 4.78 is 10.8. The van der Waals surface area contributed by atoms with Gasteiger partial charge in [0.15, 0.2) is 17.3 Å². The summed E-state index contributed by atoms with van der Waals surface area (Å²) in [5.74, 6) is 0.954. The molecule has 0 amide bonds. The van der Waals surface area contributed by atoms with Crippen LogP contribution in [0.5, 0.6) is 11.5 Å². The van der Waals surface area contributed by atoms with Gasteiger partial charge < -0.3 is 19.9 Å². The number of benzene rings is 2. The first-order valence-electron chi connectivity index (χ1n) is 9.79. The summed E-state index contributed by atoms with van der Waals surface area (Å²) in [6, 6.07) is 11.5. The molecule has 5 rings (SSSR count). The van der Waals surface area contributed by atoms with Crippen molar-refractivity contribution < 1.29 is 19.4 Å². The van der Waals surface area contributed by atoms with Crippen molar-refractivity contribution >= 4 is 33.2 Å². The van der Waals surface area contributed by atoms with Gasteiger partial charge in [0.25, 0.3) is 0 Å². The quantitative estimate of drug-likeness (QED) is 0.453. The molecule has 1 aliphatic rings. The Balaban J connectivity index is 1.40. The van der Waals surface area contributed by atoms with Crippen molar-refractivity contribution in [2.45, 2.75) is 13.3 Å². The molecule has 1 aliphatic heterocycles. The molecular weight excluding hydrogens is 414 g/mol. The number of hydrogen-bond donors (Lipinski definition) is 2. The van der Waals surface area contributed by atoms with E-state index in [1.165, 1.54) is 11.3 Å². The third-order valence-electron chi connectivity index (χ3n) is 5.18. The van der Waals surface area contributed by atoms with Crippen LogP contribution in [0.2, 0.25) is 0 Å². The molecule has 0 radical (unpaired) electrons. The second kappa shape index (κ2) is 7.88. The van der Waals surface area contributed by atoms with Crippen molar-refractivity contribution in [2.24, 2.45) is 0 Å². The lowest BCUT2D eigenvalue weighted by atomic mass is 10.00. The third-order valence-corrected chi connectivity index (χ3v) is 6.00. The van der Waals surface area contributed by atoms with Gasteiger partial charge >= 0.3 is 5.97 Å². The number of rotatable bonds is 6. The highest BCUT2D eigenvalue weighted by Gasteiger charge is 2.19. The highest BCUT2D eigenvalue weighted by molar-refractivity contribution is 7.16. The normalized spacial score (nSPS) is 12.3. The van der Waals surface area contributed by atoms with E-state index >= 15 is 0 Å². The van der Waals surface area contributed by atoms with Gasteiger partial charge in [-0.25, -0.2) is 14.8 Å². The number of aryl methyl sites for hydroxylation is 1. The molecule has 0 fully saturated rings. The molecule has 3 heterocycles. The standard InChI is InChI=1S/C23H19N3O4S/c1-13-8-16(24-6-4-14-2-3-18-19(9-14)30-12-29-18)10-17(20(13)23(27)28)21-25-11-15-5-7-31-22(15)26-21/h2-3,5,7-11,24H,4,6,12H2,1H3,(H,27,28). The zero-order valence-electron chi connectivity index (χ0n) is 16.7. The molecule has 0 bridgehead atoms. The molecule has 31 heavy (non-hydrogen) atoms. The SMILES string of the molecule is Cc1cc(NCCc2ccc3c(c2)OCO3)cc(-c2ncc3ccsc3n2)c1C(=O)O. The lowest BCUT2D eigenvalue weighted by Crippen LogP contribution is -2.09. The number of fused-ring (bicyclic) bond motifs is 2. The van der Waals surface area contributed by atoms with Crippen molar-refractivity contribution in [2.75, 3.05) is 18.7 Å². The molecular formula is C23H19N3O4S.